The normalized spacial score (nSPS) is 10.5. The van der Waals surface area contributed by atoms with Crippen molar-refractivity contribution in [3.8, 4) is 0 Å². The first kappa shape index (κ1) is 13.9. The summed E-state index contributed by atoms with van der Waals surface area (Å²) >= 11 is 0. The summed E-state index contributed by atoms with van der Waals surface area (Å²) in [7, 11) is 1.64. The molecule has 0 unspecified atom stereocenters. The summed E-state index contributed by atoms with van der Waals surface area (Å²) in [4.78, 5) is 4.05. The molecule has 1 heterocycles. The number of pyridine rings is 1. The lowest BCUT2D eigenvalue weighted by atomic mass is 10.2. The monoisotopic (exact) mass is 241 g/mol. The number of ether oxygens (including phenoxy) is 1. The molecular formula is C12H20FN3O. The molecule has 4 nitrogen and oxygen atoms in total. The Kier molecular flexibility index (Phi) is 6.50. The molecule has 0 radical (unpaired) electrons. The number of anilines is 1. The molecule has 0 saturated heterocycles. The van der Waals surface area contributed by atoms with Gasteiger partial charge in [-0.25, -0.2) is 9.37 Å². The molecule has 0 amide bonds. The molecule has 1 aromatic heterocycles. The summed E-state index contributed by atoms with van der Waals surface area (Å²) in [6.07, 6.45) is 2.27. The van der Waals surface area contributed by atoms with Crippen molar-refractivity contribution in [2.45, 2.75) is 19.9 Å². The predicted octanol–water partition coefficient (Wildman–Crippen LogP) is 1.78. The summed E-state index contributed by atoms with van der Waals surface area (Å²) < 4.78 is 18.0. The highest BCUT2D eigenvalue weighted by atomic mass is 19.1. The number of rotatable bonds is 8. The van der Waals surface area contributed by atoms with Gasteiger partial charge in [0.15, 0.2) is 0 Å². The van der Waals surface area contributed by atoms with Crippen molar-refractivity contribution in [3.05, 3.63) is 23.6 Å². The Balaban J connectivity index is 2.59. The van der Waals surface area contributed by atoms with E-state index in [1.165, 1.54) is 12.3 Å². The smallest absolute Gasteiger partial charge is 0.141 e. The largest absolute Gasteiger partial charge is 0.383 e. The average molecular weight is 241 g/mol. The van der Waals surface area contributed by atoms with Crippen LogP contribution in [0.4, 0.5) is 10.2 Å². The minimum Gasteiger partial charge on any atom is -0.383 e. The molecule has 2 N–H and O–H groups in total. The molecule has 0 aliphatic heterocycles. The van der Waals surface area contributed by atoms with Gasteiger partial charge in [0.2, 0.25) is 0 Å². The van der Waals surface area contributed by atoms with Gasteiger partial charge in [0, 0.05) is 25.8 Å². The molecule has 0 spiro atoms. The second-order valence-corrected chi connectivity index (χ2v) is 3.76. The highest BCUT2D eigenvalue weighted by Gasteiger charge is 2.05. The summed E-state index contributed by atoms with van der Waals surface area (Å²) in [5, 5.41) is 6.36. The van der Waals surface area contributed by atoms with Crippen LogP contribution in [0.3, 0.4) is 0 Å². The molecule has 0 atom stereocenters. The van der Waals surface area contributed by atoms with Gasteiger partial charge in [0.25, 0.3) is 0 Å². The fourth-order valence-corrected chi connectivity index (χ4v) is 1.45. The molecular weight excluding hydrogens is 221 g/mol. The lowest BCUT2D eigenvalue weighted by Crippen LogP contribution is -2.17. The van der Waals surface area contributed by atoms with E-state index in [0.717, 1.165) is 18.5 Å². The SMILES string of the molecule is CCCNCc1cc(F)cnc1NCCOC. The highest BCUT2D eigenvalue weighted by molar-refractivity contribution is 5.43. The standard InChI is InChI=1S/C12H20FN3O/c1-3-4-14-8-10-7-11(13)9-16-12(10)15-5-6-17-2/h7,9,14H,3-6,8H2,1-2H3,(H,15,16). The Morgan fingerprint density at radius 2 is 2.24 bits per heavy atom. The van der Waals surface area contributed by atoms with Crippen LogP contribution in [0.15, 0.2) is 12.3 Å². The maximum atomic E-state index is 13.1. The zero-order chi connectivity index (χ0) is 12.5. The van der Waals surface area contributed by atoms with Crippen molar-refractivity contribution in [1.29, 1.82) is 0 Å². The fourth-order valence-electron chi connectivity index (χ4n) is 1.45. The number of aromatic nitrogens is 1. The molecule has 96 valence electrons. The zero-order valence-corrected chi connectivity index (χ0v) is 10.4. The van der Waals surface area contributed by atoms with Gasteiger partial charge in [-0.15, -0.1) is 0 Å². The van der Waals surface area contributed by atoms with Crippen molar-refractivity contribution >= 4 is 5.82 Å². The second-order valence-electron chi connectivity index (χ2n) is 3.76. The van der Waals surface area contributed by atoms with E-state index in [1.807, 2.05) is 0 Å². The summed E-state index contributed by atoms with van der Waals surface area (Å²) in [5.41, 5.74) is 0.842. The van der Waals surface area contributed by atoms with Crippen LogP contribution in [0.5, 0.6) is 0 Å². The number of nitrogens with one attached hydrogen (secondary N) is 2. The molecule has 0 aliphatic carbocycles. The van der Waals surface area contributed by atoms with Crippen LogP contribution in [-0.2, 0) is 11.3 Å². The third-order valence-corrected chi connectivity index (χ3v) is 2.27. The number of hydrogen-bond acceptors (Lipinski definition) is 4. The Hall–Kier alpha value is -1.20. The number of nitrogens with zero attached hydrogens (tertiary/aromatic N) is 1. The Bertz CT molecular complexity index is 334. The minimum atomic E-state index is -0.310. The van der Waals surface area contributed by atoms with Crippen molar-refractivity contribution in [1.82, 2.24) is 10.3 Å². The van der Waals surface area contributed by atoms with Crippen molar-refractivity contribution in [2.75, 3.05) is 32.1 Å². The number of methoxy groups -OCH3 is 1. The minimum absolute atomic E-state index is 0.310. The van der Waals surface area contributed by atoms with Crippen LogP contribution < -0.4 is 10.6 Å². The maximum absolute atomic E-state index is 13.1. The molecule has 0 saturated carbocycles. The molecule has 0 fully saturated rings. The highest BCUT2D eigenvalue weighted by Crippen LogP contribution is 2.13. The van der Waals surface area contributed by atoms with Crippen molar-refractivity contribution in [3.63, 3.8) is 0 Å². The lowest BCUT2D eigenvalue weighted by molar-refractivity contribution is 0.210. The van der Waals surface area contributed by atoms with Crippen molar-refractivity contribution < 1.29 is 9.13 Å². The molecule has 0 aliphatic rings. The van der Waals surface area contributed by atoms with E-state index in [4.69, 9.17) is 4.74 Å². The van der Waals surface area contributed by atoms with Gasteiger partial charge in [-0.1, -0.05) is 6.92 Å². The first-order valence-corrected chi connectivity index (χ1v) is 5.86. The van der Waals surface area contributed by atoms with E-state index in [-0.39, 0.29) is 5.82 Å². The summed E-state index contributed by atoms with van der Waals surface area (Å²) in [6, 6.07) is 1.50. The van der Waals surface area contributed by atoms with Gasteiger partial charge in [-0.05, 0) is 19.0 Å². The summed E-state index contributed by atoms with van der Waals surface area (Å²) in [5.74, 6) is 0.405. The lowest BCUT2D eigenvalue weighted by Gasteiger charge is -2.11. The Morgan fingerprint density at radius 1 is 1.41 bits per heavy atom. The molecule has 1 rings (SSSR count). The molecule has 5 heteroatoms. The van der Waals surface area contributed by atoms with E-state index >= 15 is 0 Å². The Labute approximate surface area is 102 Å². The molecule has 0 aromatic carbocycles. The van der Waals surface area contributed by atoms with E-state index in [0.29, 0.717) is 25.5 Å². The topological polar surface area (TPSA) is 46.2 Å². The van der Waals surface area contributed by atoms with Crippen LogP contribution in [0.25, 0.3) is 0 Å². The van der Waals surface area contributed by atoms with Crippen LogP contribution >= 0.6 is 0 Å². The number of hydrogen-bond donors (Lipinski definition) is 2. The van der Waals surface area contributed by atoms with Crippen LogP contribution in [0, 0.1) is 5.82 Å². The zero-order valence-electron chi connectivity index (χ0n) is 10.4. The van der Waals surface area contributed by atoms with E-state index in [9.17, 15) is 4.39 Å². The predicted molar refractivity (Wildman–Crippen MR) is 66.6 cm³/mol. The Morgan fingerprint density at radius 3 is 2.94 bits per heavy atom. The quantitative estimate of drug-likeness (QED) is 0.681. The molecule has 17 heavy (non-hydrogen) atoms. The van der Waals surface area contributed by atoms with E-state index in [1.54, 1.807) is 7.11 Å². The van der Waals surface area contributed by atoms with E-state index < -0.39 is 0 Å². The fraction of sp³-hybridized carbons (Fsp3) is 0.583. The van der Waals surface area contributed by atoms with Crippen molar-refractivity contribution in [2.24, 2.45) is 0 Å². The third-order valence-electron chi connectivity index (χ3n) is 2.27. The first-order valence-electron chi connectivity index (χ1n) is 5.86. The van der Waals surface area contributed by atoms with Crippen LogP contribution in [0.1, 0.15) is 18.9 Å². The average Bonchev–Trinajstić information content (AvgIpc) is 2.32. The molecule has 1 aromatic rings. The van der Waals surface area contributed by atoms with E-state index in [2.05, 4.69) is 22.5 Å². The second kappa shape index (κ2) is 7.97. The van der Waals surface area contributed by atoms with Gasteiger partial charge in [-0.2, -0.15) is 0 Å². The maximum Gasteiger partial charge on any atom is 0.141 e. The van der Waals surface area contributed by atoms with Gasteiger partial charge in [0.05, 0.1) is 12.8 Å². The number of halogens is 1. The van der Waals surface area contributed by atoms with Gasteiger partial charge in [-0.3, -0.25) is 0 Å². The van der Waals surface area contributed by atoms with Crippen LogP contribution in [0.2, 0.25) is 0 Å². The third kappa shape index (κ3) is 5.10. The first-order chi connectivity index (χ1) is 8.27. The van der Waals surface area contributed by atoms with Gasteiger partial charge < -0.3 is 15.4 Å². The van der Waals surface area contributed by atoms with Crippen LogP contribution in [-0.4, -0.2) is 31.8 Å². The molecule has 0 bridgehead atoms. The van der Waals surface area contributed by atoms with Gasteiger partial charge >= 0.3 is 0 Å². The summed E-state index contributed by atoms with van der Waals surface area (Å²) in [6.45, 7) is 4.88. The van der Waals surface area contributed by atoms with Gasteiger partial charge in [0.1, 0.15) is 11.6 Å².